The number of nitrogens with zero attached hydrogens (tertiary/aromatic N) is 3. The van der Waals surface area contributed by atoms with E-state index in [-0.39, 0.29) is 29.5 Å². The molecule has 9 heteroatoms. The Bertz CT molecular complexity index is 1220. The van der Waals surface area contributed by atoms with Crippen molar-refractivity contribution in [2.24, 2.45) is 0 Å². The highest BCUT2D eigenvalue weighted by atomic mass is 32.2. The summed E-state index contributed by atoms with van der Waals surface area (Å²) in [6.45, 7) is 3.80. The highest BCUT2D eigenvalue weighted by Crippen LogP contribution is 2.36. The number of rotatable bonds is 3. The Hall–Kier alpha value is -2.68. The molecular weight excluding hydrogens is 404 g/mol. The number of aromatic nitrogens is 3. The number of aryl methyl sites for hydroxylation is 2. The van der Waals surface area contributed by atoms with E-state index in [1.165, 1.54) is 0 Å². The van der Waals surface area contributed by atoms with E-state index in [4.69, 9.17) is 9.51 Å². The summed E-state index contributed by atoms with van der Waals surface area (Å²) in [5.74, 6) is 1.97. The minimum atomic E-state index is -2.97. The normalized spacial score (nSPS) is 21.9. The van der Waals surface area contributed by atoms with Crippen LogP contribution in [0.15, 0.2) is 22.7 Å². The lowest BCUT2D eigenvalue weighted by atomic mass is 10.0. The smallest absolute Gasteiger partial charge is 0.220 e. The Morgan fingerprint density at radius 2 is 1.93 bits per heavy atom. The number of carbonyl (C=O) groups excluding carboxylic acids is 1. The number of hydrogen-bond acceptors (Lipinski definition) is 6. The van der Waals surface area contributed by atoms with Crippen LogP contribution in [0.5, 0.6) is 0 Å². The fourth-order valence-corrected chi connectivity index (χ4v) is 6.21. The van der Waals surface area contributed by atoms with Crippen molar-refractivity contribution in [1.29, 1.82) is 0 Å². The number of sulfone groups is 1. The second-order valence-electron chi connectivity index (χ2n) is 8.28. The summed E-state index contributed by atoms with van der Waals surface area (Å²) >= 11 is 0. The first-order valence-corrected chi connectivity index (χ1v) is 12.1. The van der Waals surface area contributed by atoms with Crippen molar-refractivity contribution in [3.63, 3.8) is 0 Å². The number of benzene rings is 1. The van der Waals surface area contributed by atoms with Gasteiger partial charge in [0.2, 0.25) is 5.91 Å². The first-order chi connectivity index (χ1) is 14.3. The monoisotopic (exact) mass is 428 g/mol. The van der Waals surface area contributed by atoms with E-state index in [1.54, 1.807) is 0 Å². The molecule has 0 aliphatic carbocycles. The van der Waals surface area contributed by atoms with Gasteiger partial charge in [-0.2, -0.15) is 0 Å². The molecule has 30 heavy (non-hydrogen) atoms. The SMILES string of the molecule is Cc1noc(C)c1-c1ccc2c(c1)nc(C1CCC(=O)N1)n2C1CCS(=O)(=O)CC1. The molecule has 8 nitrogen and oxygen atoms in total. The molecule has 1 aromatic carbocycles. The lowest BCUT2D eigenvalue weighted by Gasteiger charge is -2.27. The van der Waals surface area contributed by atoms with Crippen LogP contribution in [-0.4, -0.2) is 40.5 Å². The van der Waals surface area contributed by atoms with Gasteiger partial charge in [0, 0.05) is 18.0 Å². The quantitative estimate of drug-likeness (QED) is 0.687. The predicted molar refractivity (Wildman–Crippen MR) is 112 cm³/mol. The maximum Gasteiger partial charge on any atom is 0.220 e. The standard InChI is InChI=1S/C21H24N4O4S/c1-12-20(13(2)29-24-12)14-3-5-18-17(11-14)23-21(16-4-6-19(26)22-16)25(18)15-7-9-30(27,28)10-8-15/h3,5,11,15-16H,4,6-10H2,1-2H3,(H,22,26). The zero-order valence-corrected chi connectivity index (χ0v) is 17.8. The first-order valence-electron chi connectivity index (χ1n) is 10.3. The van der Waals surface area contributed by atoms with Crippen LogP contribution in [0.2, 0.25) is 0 Å². The summed E-state index contributed by atoms with van der Waals surface area (Å²) in [6, 6.07) is 6.00. The molecule has 1 unspecified atom stereocenters. The van der Waals surface area contributed by atoms with Crippen molar-refractivity contribution < 1.29 is 17.7 Å². The van der Waals surface area contributed by atoms with Crippen LogP contribution in [0.1, 0.15) is 55.0 Å². The van der Waals surface area contributed by atoms with Crippen LogP contribution in [-0.2, 0) is 14.6 Å². The number of amides is 1. The summed E-state index contributed by atoms with van der Waals surface area (Å²) in [4.78, 5) is 16.8. The fourth-order valence-electron chi connectivity index (χ4n) is 4.74. The third-order valence-electron chi connectivity index (χ3n) is 6.24. The van der Waals surface area contributed by atoms with Crippen LogP contribution in [0.4, 0.5) is 0 Å². The number of fused-ring (bicyclic) bond motifs is 1. The Morgan fingerprint density at radius 1 is 1.17 bits per heavy atom. The molecule has 2 fully saturated rings. The molecule has 158 valence electrons. The van der Waals surface area contributed by atoms with Crippen LogP contribution in [0, 0.1) is 13.8 Å². The van der Waals surface area contributed by atoms with Gasteiger partial charge in [-0.05, 0) is 50.8 Å². The van der Waals surface area contributed by atoms with Crippen molar-refractivity contribution in [1.82, 2.24) is 20.0 Å². The molecule has 1 amide bonds. The van der Waals surface area contributed by atoms with E-state index >= 15 is 0 Å². The molecule has 0 radical (unpaired) electrons. The molecule has 0 saturated carbocycles. The third-order valence-corrected chi connectivity index (χ3v) is 7.95. The molecule has 2 aromatic heterocycles. The molecule has 4 heterocycles. The largest absolute Gasteiger partial charge is 0.361 e. The van der Waals surface area contributed by atoms with E-state index < -0.39 is 9.84 Å². The van der Waals surface area contributed by atoms with E-state index in [2.05, 4.69) is 15.0 Å². The van der Waals surface area contributed by atoms with Gasteiger partial charge < -0.3 is 14.4 Å². The van der Waals surface area contributed by atoms with Gasteiger partial charge in [0.05, 0.1) is 34.3 Å². The lowest BCUT2D eigenvalue weighted by molar-refractivity contribution is -0.119. The van der Waals surface area contributed by atoms with Crippen molar-refractivity contribution in [2.75, 3.05) is 11.5 Å². The number of carbonyl (C=O) groups is 1. The van der Waals surface area contributed by atoms with Gasteiger partial charge >= 0.3 is 0 Å². The summed E-state index contributed by atoms with van der Waals surface area (Å²) < 4.78 is 31.4. The molecule has 2 aliphatic heterocycles. The van der Waals surface area contributed by atoms with Crippen LogP contribution < -0.4 is 5.32 Å². The van der Waals surface area contributed by atoms with Crippen molar-refractivity contribution >= 4 is 26.8 Å². The van der Waals surface area contributed by atoms with Gasteiger partial charge in [0.25, 0.3) is 0 Å². The van der Waals surface area contributed by atoms with E-state index in [0.29, 0.717) is 25.7 Å². The van der Waals surface area contributed by atoms with Crippen LogP contribution >= 0.6 is 0 Å². The number of imidazole rings is 1. The van der Waals surface area contributed by atoms with Gasteiger partial charge in [-0.3, -0.25) is 4.79 Å². The summed E-state index contributed by atoms with van der Waals surface area (Å²) in [5.41, 5.74) is 4.57. The lowest BCUT2D eigenvalue weighted by Crippen LogP contribution is -2.28. The highest BCUT2D eigenvalue weighted by molar-refractivity contribution is 7.91. The van der Waals surface area contributed by atoms with Gasteiger partial charge in [-0.25, -0.2) is 13.4 Å². The van der Waals surface area contributed by atoms with Crippen LogP contribution in [0.3, 0.4) is 0 Å². The minimum Gasteiger partial charge on any atom is -0.361 e. The Morgan fingerprint density at radius 3 is 2.57 bits per heavy atom. The van der Waals surface area contributed by atoms with E-state index in [9.17, 15) is 13.2 Å². The maximum atomic E-state index is 12.0. The summed E-state index contributed by atoms with van der Waals surface area (Å²) in [6.07, 6.45) is 2.31. The minimum absolute atomic E-state index is 0.0289. The molecule has 5 rings (SSSR count). The Balaban J connectivity index is 1.63. The van der Waals surface area contributed by atoms with Gasteiger partial charge in [-0.1, -0.05) is 11.2 Å². The fraction of sp³-hybridized carbons (Fsp3) is 0.476. The predicted octanol–water partition coefficient (Wildman–Crippen LogP) is 3.01. The molecule has 1 N–H and O–H groups in total. The van der Waals surface area contributed by atoms with Crippen molar-refractivity contribution in [3.8, 4) is 11.1 Å². The Kier molecular flexibility index (Phi) is 4.46. The molecular formula is C21H24N4O4S. The van der Waals surface area contributed by atoms with Crippen LogP contribution in [0.25, 0.3) is 22.2 Å². The zero-order valence-electron chi connectivity index (χ0n) is 17.0. The molecule has 0 bridgehead atoms. The second-order valence-corrected chi connectivity index (χ2v) is 10.6. The number of nitrogens with one attached hydrogen (secondary N) is 1. The van der Waals surface area contributed by atoms with E-state index in [1.807, 2.05) is 32.0 Å². The average Bonchev–Trinajstić information content (AvgIpc) is 3.38. The Labute approximate surface area is 174 Å². The molecule has 1 atom stereocenters. The summed E-state index contributed by atoms with van der Waals surface area (Å²) in [5, 5.41) is 7.07. The van der Waals surface area contributed by atoms with E-state index in [0.717, 1.165) is 39.4 Å². The summed E-state index contributed by atoms with van der Waals surface area (Å²) in [7, 11) is -2.97. The number of hydrogen-bond donors (Lipinski definition) is 1. The maximum absolute atomic E-state index is 12.0. The van der Waals surface area contributed by atoms with Crippen molar-refractivity contribution in [3.05, 3.63) is 35.5 Å². The third kappa shape index (κ3) is 3.21. The zero-order chi connectivity index (χ0) is 21.0. The molecule has 2 aliphatic rings. The second kappa shape index (κ2) is 6.94. The average molecular weight is 429 g/mol. The highest BCUT2D eigenvalue weighted by Gasteiger charge is 2.32. The van der Waals surface area contributed by atoms with Gasteiger partial charge in [-0.15, -0.1) is 0 Å². The van der Waals surface area contributed by atoms with Gasteiger partial charge in [0.15, 0.2) is 0 Å². The molecule has 2 saturated heterocycles. The van der Waals surface area contributed by atoms with Crippen molar-refractivity contribution in [2.45, 2.75) is 51.6 Å². The molecule has 3 aromatic rings. The molecule has 0 spiro atoms. The topological polar surface area (TPSA) is 107 Å². The van der Waals surface area contributed by atoms with Gasteiger partial charge in [0.1, 0.15) is 21.4 Å². The first kappa shape index (κ1) is 19.3.